The summed E-state index contributed by atoms with van der Waals surface area (Å²) in [4.78, 5) is 0. The van der Waals surface area contributed by atoms with E-state index in [2.05, 4.69) is 41.5 Å². The van der Waals surface area contributed by atoms with Crippen LogP contribution in [-0.4, -0.2) is 0 Å². The van der Waals surface area contributed by atoms with Crippen LogP contribution in [0.1, 0.15) is 60.3 Å². The monoisotopic (exact) mass is 249 g/mol. The molecular formula is C14H33Ti-5. The summed E-state index contributed by atoms with van der Waals surface area (Å²) in [5.74, 6) is 0. The van der Waals surface area contributed by atoms with Crippen LogP contribution in [0.4, 0.5) is 0 Å². The smallest absolute Gasteiger partial charge is 0 e. The van der Waals surface area contributed by atoms with Gasteiger partial charge in [-0.25, -0.2) is 0 Å². The Kier molecular flexibility index (Phi) is 299. The molecule has 0 aliphatic carbocycles. The first kappa shape index (κ1) is 36.1. The maximum Gasteiger partial charge on any atom is 0 e. The average molecular weight is 249 g/mol. The summed E-state index contributed by atoms with van der Waals surface area (Å²) in [7, 11) is 0. The number of hydrogen-bond donors (Lipinski definition) is 0. The van der Waals surface area contributed by atoms with E-state index in [0.717, 1.165) is 6.42 Å². The van der Waals surface area contributed by atoms with Crippen molar-refractivity contribution in [1.29, 1.82) is 0 Å². The van der Waals surface area contributed by atoms with Crippen LogP contribution < -0.4 is 0 Å². The SMILES string of the molecule is [CH2-]C.[CH2-]C.[CH2-]C.[CH2-]C.[CH2-]CCCCC.[Ti]. The topological polar surface area (TPSA) is 0 Å². The molecule has 0 unspecified atom stereocenters. The van der Waals surface area contributed by atoms with Crippen molar-refractivity contribution >= 4 is 0 Å². The quantitative estimate of drug-likeness (QED) is 0.339. The Morgan fingerprint density at radius 2 is 0.933 bits per heavy atom. The van der Waals surface area contributed by atoms with E-state index >= 15 is 0 Å². The van der Waals surface area contributed by atoms with E-state index in [4.69, 9.17) is 0 Å². The third-order valence-electron chi connectivity index (χ3n) is 0.854. The maximum absolute atomic E-state index is 3.72. The molecule has 0 bridgehead atoms. The second kappa shape index (κ2) is 125. The molecule has 15 heavy (non-hydrogen) atoms. The Bertz CT molecular complexity index is 17.3. The van der Waals surface area contributed by atoms with Crippen LogP contribution in [0.2, 0.25) is 0 Å². The fourth-order valence-corrected chi connectivity index (χ4v) is 0.427. The second-order valence-corrected chi connectivity index (χ2v) is 1.56. The van der Waals surface area contributed by atoms with Crippen molar-refractivity contribution in [3.63, 3.8) is 0 Å². The molecule has 0 fully saturated rings. The van der Waals surface area contributed by atoms with Gasteiger partial charge in [0.1, 0.15) is 0 Å². The summed E-state index contributed by atoms with van der Waals surface area (Å²) < 4.78 is 0. The van der Waals surface area contributed by atoms with Crippen LogP contribution in [0.3, 0.4) is 0 Å². The predicted molar refractivity (Wildman–Crippen MR) is 73.6 cm³/mol. The average Bonchev–Trinajstić information content (AvgIpc) is 2.36. The Morgan fingerprint density at radius 1 is 0.667 bits per heavy atom. The van der Waals surface area contributed by atoms with Crippen LogP contribution in [-0.2, 0) is 21.7 Å². The first-order valence-corrected chi connectivity index (χ1v) is 5.54. The summed E-state index contributed by atoms with van der Waals surface area (Å²) in [6, 6.07) is 0. The maximum atomic E-state index is 3.72. The van der Waals surface area contributed by atoms with Crippen molar-refractivity contribution < 1.29 is 21.7 Å². The predicted octanol–water partition coefficient (Wildman–Crippen LogP) is 5.76. The van der Waals surface area contributed by atoms with Gasteiger partial charge in [0.15, 0.2) is 0 Å². The van der Waals surface area contributed by atoms with Gasteiger partial charge in [0.05, 0.1) is 0 Å². The fraction of sp³-hybridized carbons (Fsp3) is 0.643. The van der Waals surface area contributed by atoms with Gasteiger partial charge < -0.3 is 34.6 Å². The van der Waals surface area contributed by atoms with Gasteiger partial charge >= 0.3 is 0 Å². The molecule has 0 saturated heterocycles. The van der Waals surface area contributed by atoms with Gasteiger partial charge in [0.25, 0.3) is 0 Å². The molecule has 0 amide bonds. The fourth-order valence-electron chi connectivity index (χ4n) is 0.427. The number of hydrogen-bond acceptors (Lipinski definition) is 0. The largest absolute Gasteiger partial charge is 0.346 e. The van der Waals surface area contributed by atoms with Crippen LogP contribution in [0.15, 0.2) is 0 Å². The Balaban J connectivity index is -0.0000000194. The van der Waals surface area contributed by atoms with Gasteiger partial charge in [-0.2, -0.15) is 34.1 Å². The summed E-state index contributed by atoms with van der Waals surface area (Å²) in [5.41, 5.74) is 0. The molecule has 0 heterocycles. The van der Waals surface area contributed by atoms with Crippen molar-refractivity contribution in [2.75, 3.05) is 0 Å². The molecule has 0 aromatic rings. The van der Waals surface area contributed by atoms with Crippen LogP contribution in [0.25, 0.3) is 0 Å². The molecule has 0 nitrogen and oxygen atoms in total. The van der Waals surface area contributed by atoms with Gasteiger partial charge in [-0.05, 0) is 0 Å². The van der Waals surface area contributed by atoms with E-state index < -0.39 is 0 Å². The summed E-state index contributed by atoms with van der Waals surface area (Å²) in [6.07, 6.45) is 5.07. The Labute approximate surface area is 117 Å². The molecule has 0 atom stereocenters. The summed E-state index contributed by atoms with van der Waals surface area (Å²) in [5, 5.41) is 0. The Morgan fingerprint density at radius 3 is 1.00 bits per heavy atom. The van der Waals surface area contributed by atoms with Crippen LogP contribution in [0, 0.1) is 34.6 Å². The van der Waals surface area contributed by atoms with Crippen molar-refractivity contribution in [2.24, 2.45) is 0 Å². The minimum atomic E-state index is 0. The minimum Gasteiger partial charge on any atom is -0.346 e. The number of unbranched alkanes of at least 4 members (excludes halogenated alkanes) is 3. The van der Waals surface area contributed by atoms with E-state index in [1.807, 2.05) is 0 Å². The van der Waals surface area contributed by atoms with Crippen molar-refractivity contribution in [1.82, 2.24) is 0 Å². The van der Waals surface area contributed by atoms with Gasteiger partial charge in [0.2, 0.25) is 0 Å². The molecule has 0 radical (unpaired) electrons. The molecule has 0 saturated carbocycles. The molecule has 0 spiro atoms. The molecule has 0 rings (SSSR count). The molecule has 0 aromatic carbocycles. The van der Waals surface area contributed by atoms with E-state index in [-0.39, 0.29) is 21.7 Å². The van der Waals surface area contributed by atoms with Gasteiger partial charge in [-0.15, -0.1) is 0 Å². The van der Waals surface area contributed by atoms with Gasteiger partial charge in [-0.1, -0.05) is 26.2 Å². The van der Waals surface area contributed by atoms with E-state index in [1.54, 1.807) is 27.7 Å². The zero-order valence-corrected chi connectivity index (χ0v) is 13.4. The van der Waals surface area contributed by atoms with E-state index in [0.29, 0.717) is 0 Å². The number of rotatable bonds is 3. The van der Waals surface area contributed by atoms with Crippen molar-refractivity contribution in [3.05, 3.63) is 34.6 Å². The van der Waals surface area contributed by atoms with Crippen LogP contribution >= 0.6 is 0 Å². The molecular weight excluding hydrogens is 216 g/mol. The molecule has 0 aliphatic heterocycles. The minimum absolute atomic E-state index is 0. The van der Waals surface area contributed by atoms with Gasteiger partial charge in [-0.3, -0.25) is 0 Å². The molecule has 0 aliphatic rings. The Hall–Kier alpha value is 0.714. The molecule has 1 heteroatoms. The summed E-state index contributed by atoms with van der Waals surface area (Å²) in [6.45, 7) is 25.9. The van der Waals surface area contributed by atoms with E-state index in [1.165, 1.54) is 19.3 Å². The van der Waals surface area contributed by atoms with Crippen LogP contribution in [0.5, 0.6) is 0 Å². The van der Waals surface area contributed by atoms with Crippen molar-refractivity contribution in [3.8, 4) is 0 Å². The molecule has 98 valence electrons. The van der Waals surface area contributed by atoms with Crippen molar-refractivity contribution in [2.45, 2.75) is 60.3 Å². The second-order valence-electron chi connectivity index (χ2n) is 1.56. The zero-order chi connectivity index (χ0) is 12.8. The van der Waals surface area contributed by atoms with E-state index in [9.17, 15) is 0 Å². The normalized spacial score (nSPS) is 5.20. The molecule has 0 N–H and O–H groups in total. The first-order valence-electron chi connectivity index (χ1n) is 5.54. The summed E-state index contributed by atoms with van der Waals surface area (Å²) >= 11 is 0. The third-order valence-corrected chi connectivity index (χ3v) is 0.854. The first-order chi connectivity index (χ1) is 6.91. The zero-order valence-electron chi connectivity index (χ0n) is 11.9. The standard InChI is InChI=1S/C6H13.4C2H5.Ti/c1-3-5-6-4-2;4*1-2;/h1,3-6H2,2H3;4*1H2,2H3;/q5*-1;. The van der Waals surface area contributed by atoms with Gasteiger partial charge in [0, 0.05) is 21.7 Å². The third kappa shape index (κ3) is 172. The molecule has 0 aromatic heterocycles.